The van der Waals surface area contributed by atoms with Crippen LogP contribution in [0.3, 0.4) is 0 Å². The summed E-state index contributed by atoms with van der Waals surface area (Å²) in [7, 11) is 0. The minimum Gasteiger partial charge on any atom is -0.508 e. The van der Waals surface area contributed by atoms with Crippen LogP contribution in [0.15, 0.2) is 93.3 Å². The average molecular weight is 617 g/mol. The summed E-state index contributed by atoms with van der Waals surface area (Å²) in [5, 5.41) is 55.9. The smallest absolute Gasteiger partial charge is 0.138 e. The number of aromatic hydroxyl groups is 5. The van der Waals surface area contributed by atoms with Crippen molar-refractivity contribution in [2.24, 2.45) is 11.3 Å². The molecule has 0 saturated heterocycles. The quantitative estimate of drug-likeness (QED) is 0.124. The number of rotatable bonds is 3. The van der Waals surface area contributed by atoms with Crippen molar-refractivity contribution in [2.45, 2.75) is 39.2 Å². The van der Waals surface area contributed by atoms with Crippen molar-refractivity contribution in [3.05, 3.63) is 95.6 Å². The minimum atomic E-state index is -0.763. The molecule has 3 heterocycles. The molecular formula is C38H32O8. The molecule has 0 amide bonds. The fourth-order valence-corrected chi connectivity index (χ4v) is 7.67. The van der Waals surface area contributed by atoms with E-state index in [2.05, 4.69) is 26.8 Å². The van der Waals surface area contributed by atoms with Crippen molar-refractivity contribution in [3.63, 3.8) is 0 Å². The molecule has 8 heteroatoms. The molecule has 8 nitrogen and oxygen atoms in total. The molecule has 46 heavy (non-hydrogen) atoms. The Balaban J connectivity index is 1.26. The van der Waals surface area contributed by atoms with Gasteiger partial charge in [0.25, 0.3) is 0 Å². The zero-order chi connectivity index (χ0) is 32.1. The lowest BCUT2D eigenvalue weighted by atomic mass is 9.59. The number of fused-ring (bicyclic) bond motifs is 5. The van der Waals surface area contributed by atoms with E-state index in [1.165, 1.54) is 17.7 Å². The molecule has 0 fully saturated rings. The number of furan rings is 2. The van der Waals surface area contributed by atoms with E-state index in [1.54, 1.807) is 48.5 Å². The van der Waals surface area contributed by atoms with Crippen LogP contribution in [-0.2, 0) is 0 Å². The van der Waals surface area contributed by atoms with Crippen molar-refractivity contribution >= 4 is 21.9 Å². The van der Waals surface area contributed by atoms with E-state index in [0.29, 0.717) is 45.1 Å². The van der Waals surface area contributed by atoms with E-state index in [0.717, 1.165) is 17.2 Å². The van der Waals surface area contributed by atoms with Crippen LogP contribution < -0.4 is 4.74 Å². The highest BCUT2D eigenvalue weighted by Gasteiger charge is 2.51. The van der Waals surface area contributed by atoms with Crippen molar-refractivity contribution < 1.29 is 39.1 Å². The van der Waals surface area contributed by atoms with Gasteiger partial charge in [0.05, 0.1) is 5.56 Å². The third kappa shape index (κ3) is 4.35. The molecule has 6 aromatic rings. The molecule has 2 aromatic heterocycles. The lowest BCUT2D eigenvalue weighted by Crippen LogP contribution is -2.41. The number of ether oxygens (including phenoxy) is 1. The third-order valence-electron chi connectivity index (χ3n) is 9.52. The van der Waals surface area contributed by atoms with Gasteiger partial charge < -0.3 is 39.1 Å². The van der Waals surface area contributed by atoms with Crippen LogP contribution >= 0.6 is 0 Å². The Morgan fingerprint density at radius 2 is 1.17 bits per heavy atom. The van der Waals surface area contributed by atoms with Crippen LogP contribution in [0, 0.1) is 11.3 Å². The highest BCUT2D eigenvalue weighted by molar-refractivity contribution is 5.85. The summed E-state index contributed by atoms with van der Waals surface area (Å²) in [6.45, 7) is 6.36. The predicted octanol–water partition coefficient (Wildman–Crippen LogP) is 9.25. The number of allylic oxidation sites excluding steroid dienone is 2. The van der Waals surface area contributed by atoms with Gasteiger partial charge in [0, 0.05) is 51.4 Å². The largest absolute Gasteiger partial charge is 0.508 e. The molecule has 1 aliphatic heterocycles. The van der Waals surface area contributed by atoms with Gasteiger partial charge in [-0.2, -0.15) is 0 Å². The first-order chi connectivity index (χ1) is 21.9. The number of benzene rings is 4. The fourth-order valence-electron chi connectivity index (χ4n) is 7.67. The Labute approximate surface area is 264 Å². The number of hydrogen-bond acceptors (Lipinski definition) is 8. The molecule has 0 unspecified atom stereocenters. The maximum atomic E-state index is 11.5. The molecule has 0 saturated carbocycles. The maximum absolute atomic E-state index is 11.5. The van der Waals surface area contributed by atoms with Crippen molar-refractivity contribution in [3.8, 4) is 57.1 Å². The Morgan fingerprint density at radius 1 is 0.652 bits per heavy atom. The second kappa shape index (κ2) is 9.75. The summed E-state index contributed by atoms with van der Waals surface area (Å²) >= 11 is 0. The SMILES string of the molecule is CC1=C[C@H]2c3c(O)cc(-c4cc5ccc(O)cc5o4)cc3O[C@H](c3c(O)cc(-c4cc5ccc(O)cc5o4)cc3O)[C@H]2C(C)(C)C1. The van der Waals surface area contributed by atoms with Gasteiger partial charge in [0.2, 0.25) is 0 Å². The number of phenolic OH excluding ortho intramolecular Hbond substituents is 5. The van der Waals surface area contributed by atoms with E-state index in [1.807, 2.05) is 12.1 Å². The van der Waals surface area contributed by atoms with Crippen LogP contribution in [0.5, 0.6) is 34.5 Å². The van der Waals surface area contributed by atoms with Gasteiger partial charge in [-0.15, -0.1) is 0 Å². The zero-order valence-corrected chi connectivity index (χ0v) is 25.4. The normalized spacial score (nSPS) is 20.2. The third-order valence-corrected chi connectivity index (χ3v) is 9.52. The van der Waals surface area contributed by atoms with Gasteiger partial charge in [-0.1, -0.05) is 25.5 Å². The summed E-state index contributed by atoms with van der Waals surface area (Å²) in [4.78, 5) is 0. The monoisotopic (exact) mass is 616 g/mol. The first-order valence-electron chi connectivity index (χ1n) is 15.2. The van der Waals surface area contributed by atoms with E-state index in [4.69, 9.17) is 13.6 Å². The summed E-state index contributed by atoms with van der Waals surface area (Å²) < 4.78 is 18.7. The Kier molecular flexibility index (Phi) is 5.93. The van der Waals surface area contributed by atoms with Crippen LogP contribution in [0.25, 0.3) is 44.6 Å². The molecule has 0 spiro atoms. The summed E-state index contributed by atoms with van der Waals surface area (Å²) in [5.41, 5.74) is 3.80. The van der Waals surface area contributed by atoms with Gasteiger partial charge >= 0.3 is 0 Å². The standard InChI is InChI=1S/C38H32O8/c1-18-8-25-34-26(41)11-22(30-13-20-5-7-24(40)16-32(20)45-30)14-33(34)46-37(36(25)38(2,3)17-18)35-27(42)9-21(10-28(35)43)29-12-19-4-6-23(39)15-31(19)44-29/h4-16,25,36-37,39-43H,17H2,1-3H3/t25-,36-,37+/m0/s1. The number of hydrogen-bond donors (Lipinski definition) is 5. The highest BCUT2D eigenvalue weighted by Crippen LogP contribution is 2.62. The van der Waals surface area contributed by atoms with Gasteiger partial charge in [-0.05, 0) is 79.4 Å². The molecule has 4 aromatic carbocycles. The van der Waals surface area contributed by atoms with E-state index in [9.17, 15) is 25.5 Å². The minimum absolute atomic E-state index is 0.0608. The van der Waals surface area contributed by atoms with Crippen LogP contribution in [0.1, 0.15) is 50.3 Å². The summed E-state index contributed by atoms with van der Waals surface area (Å²) in [6.07, 6.45) is 2.17. The maximum Gasteiger partial charge on any atom is 0.138 e. The Hall–Kier alpha value is -5.50. The molecule has 5 N–H and O–H groups in total. The zero-order valence-electron chi connectivity index (χ0n) is 25.4. The lowest BCUT2D eigenvalue weighted by Gasteiger charge is -2.50. The van der Waals surface area contributed by atoms with Crippen LogP contribution in [-0.4, -0.2) is 25.5 Å². The second-order valence-corrected chi connectivity index (χ2v) is 13.3. The molecule has 3 atom stereocenters. The molecule has 0 bridgehead atoms. The van der Waals surface area contributed by atoms with Crippen molar-refractivity contribution in [1.82, 2.24) is 0 Å². The van der Waals surface area contributed by atoms with Gasteiger partial charge in [-0.3, -0.25) is 0 Å². The topological polar surface area (TPSA) is 137 Å². The Bertz CT molecular complexity index is 2210. The van der Waals surface area contributed by atoms with Crippen molar-refractivity contribution in [2.75, 3.05) is 0 Å². The molecule has 2 aliphatic rings. The fraction of sp³-hybridized carbons (Fsp3) is 0.211. The van der Waals surface area contributed by atoms with Gasteiger partial charge in [-0.25, -0.2) is 0 Å². The van der Waals surface area contributed by atoms with E-state index >= 15 is 0 Å². The Morgan fingerprint density at radius 3 is 1.74 bits per heavy atom. The first kappa shape index (κ1) is 28.0. The van der Waals surface area contributed by atoms with E-state index < -0.39 is 6.10 Å². The van der Waals surface area contributed by atoms with Crippen molar-refractivity contribution in [1.29, 1.82) is 0 Å². The van der Waals surface area contributed by atoms with Gasteiger partial charge in [0.15, 0.2) is 0 Å². The second-order valence-electron chi connectivity index (χ2n) is 13.3. The van der Waals surface area contributed by atoms with Gasteiger partial charge in [0.1, 0.15) is 63.3 Å². The van der Waals surface area contributed by atoms with Crippen LogP contribution in [0.4, 0.5) is 0 Å². The van der Waals surface area contributed by atoms with E-state index in [-0.39, 0.29) is 51.6 Å². The lowest BCUT2D eigenvalue weighted by molar-refractivity contribution is 0.0140. The highest BCUT2D eigenvalue weighted by atomic mass is 16.5. The average Bonchev–Trinajstić information content (AvgIpc) is 3.59. The molecule has 232 valence electrons. The first-order valence-corrected chi connectivity index (χ1v) is 15.2. The number of phenols is 5. The molecule has 0 radical (unpaired) electrons. The molecule has 1 aliphatic carbocycles. The summed E-state index contributed by atoms with van der Waals surface area (Å²) in [6, 6.07) is 19.9. The molecule has 8 rings (SSSR count). The molecular weight excluding hydrogens is 584 g/mol. The predicted molar refractivity (Wildman–Crippen MR) is 173 cm³/mol. The van der Waals surface area contributed by atoms with Crippen LogP contribution in [0.2, 0.25) is 0 Å². The summed E-state index contributed by atoms with van der Waals surface area (Å²) in [5.74, 6) is 0.763.